The first-order chi connectivity index (χ1) is 10.2. The second kappa shape index (κ2) is 9.77. The van der Waals surface area contributed by atoms with Gasteiger partial charge >= 0.3 is 0 Å². The minimum absolute atomic E-state index is 0.0734. The molecule has 0 atom stereocenters. The number of aliphatic imine (C=N–C) groups is 1. The predicted octanol–water partition coefficient (Wildman–Crippen LogP) is 1.35. The van der Waals surface area contributed by atoms with E-state index in [1.165, 1.54) is 6.92 Å². The molecule has 0 aromatic heterocycles. The zero-order valence-corrected chi connectivity index (χ0v) is 12.9. The summed E-state index contributed by atoms with van der Waals surface area (Å²) in [6.07, 6.45) is 0.926. The predicted molar refractivity (Wildman–Crippen MR) is 85.4 cm³/mol. The van der Waals surface area contributed by atoms with Gasteiger partial charge in [-0.3, -0.25) is 9.79 Å². The van der Waals surface area contributed by atoms with Crippen LogP contribution >= 0.6 is 0 Å². The minimum Gasteiger partial charge on any atom is -0.385 e. The number of guanidine groups is 1. The summed E-state index contributed by atoms with van der Waals surface area (Å²) in [5, 5.41) is 9.21. The van der Waals surface area contributed by atoms with Crippen LogP contribution in [-0.2, 0) is 16.1 Å². The molecule has 0 fully saturated rings. The molecular formula is C15H24N4O2. The molecule has 0 spiro atoms. The molecule has 0 saturated heterocycles. The van der Waals surface area contributed by atoms with Crippen molar-refractivity contribution in [3.05, 3.63) is 29.8 Å². The number of carbonyl (C=O) groups is 1. The largest absolute Gasteiger partial charge is 0.385 e. The van der Waals surface area contributed by atoms with Gasteiger partial charge in [0.2, 0.25) is 5.91 Å². The summed E-state index contributed by atoms with van der Waals surface area (Å²) in [5.41, 5.74) is 1.87. The van der Waals surface area contributed by atoms with Crippen molar-refractivity contribution in [3.8, 4) is 0 Å². The number of rotatable bonds is 7. The number of benzene rings is 1. The molecule has 0 heterocycles. The lowest BCUT2D eigenvalue weighted by atomic mass is 10.2. The Kier molecular flexibility index (Phi) is 7.89. The molecule has 0 unspecified atom stereocenters. The van der Waals surface area contributed by atoms with E-state index in [-0.39, 0.29) is 5.91 Å². The summed E-state index contributed by atoms with van der Waals surface area (Å²) < 4.78 is 5.00. The third-order valence-corrected chi connectivity index (χ3v) is 2.75. The van der Waals surface area contributed by atoms with Gasteiger partial charge in [-0.25, -0.2) is 0 Å². The first-order valence-corrected chi connectivity index (χ1v) is 6.95. The van der Waals surface area contributed by atoms with Gasteiger partial charge < -0.3 is 20.7 Å². The van der Waals surface area contributed by atoms with Crippen molar-refractivity contribution in [2.75, 3.05) is 32.6 Å². The number of methoxy groups -OCH3 is 1. The van der Waals surface area contributed by atoms with Gasteiger partial charge in [0.15, 0.2) is 5.96 Å². The molecule has 1 aromatic rings. The Hall–Kier alpha value is -2.08. The maximum Gasteiger partial charge on any atom is 0.221 e. The van der Waals surface area contributed by atoms with Gasteiger partial charge in [-0.1, -0.05) is 12.1 Å². The van der Waals surface area contributed by atoms with Crippen LogP contribution in [0.5, 0.6) is 0 Å². The molecule has 0 radical (unpaired) electrons. The number of hydrogen-bond acceptors (Lipinski definition) is 3. The molecule has 0 saturated carbocycles. The Morgan fingerprint density at radius 2 is 2.14 bits per heavy atom. The normalized spacial score (nSPS) is 11.1. The van der Waals surface area contributed by atoms with Gasteiger partial charge in [0.1, 0.15) is 0 Å². The van der Waals surface area contributed by atoms with E-state index in [1.54, 1.807) is 14.2 Å². The second-order valence-electron chi connectivity index (χ2n) is 4.58. The monoisotopic (exact) mass is 292 g/mol. The lowest BCUT2D eigenvalue weighted by Gasteiger charge is -2.12. The first-order valence-electron chi connectivity index (χ1n) is 6.95. The fraction of sp³-hybridized carbons (Fsp3) is 0.467. The highest BCUT2D eigenvalue weighted by Crippen LogP contribution is 2.10. The van der Waals surface area contributed by atoms with E-state index in [4.69, 9.17) is 4.74 Å². The van der Waals surface area contributed by atoms with Crippen LogP contribution in [0.3, 0.4) is 0 Å². The zero-order chi connectivity index (χ0) is 15.5. The van der Waals surface area contributed by atoms with Crippen LogP contribution in [0.2, 0.25) is 0 Å². The molecule has 1 aromatic carbocycles. The summed E-state index contributed by atoms with van der Waals surface area (Å²) in [6.45, 7) is 3.66. The summed E-state index contributed by atoms with van der Waals surface area (Å²) in [5.74, 6) is 0.673. The maximum absolute atomic E-state index is 11.0. The molecule has 6 nitrogen and oxygen atoms in total. The van der Waals surface area contributed by atoms with Gasteiger partial charge in [-0.05, 0) is 24.1 Å². The maximum atomic E-state index is 11.0. The smallest absolute Gasteiger partial charge is 0.221 e. The van der Waals surface area contributed by atoms with Crippen LogP contribution < -0.4 is 16.0 Å². The summed E-state index contributed by atoms with van der Waals surface area (Å²) >= 11 is 0. The summed E-state index contributed by atoms with van der Waals surface area (Å²) in [6, 6.07) is 7.71. The molecule has 116 valence electrons. The zero-order valence-electron chi connectivity index (χ0n) is 12.9. The van der Waals surface area contributed by atoms with Crippen molar-refractivity contribution in [1.82, 2.24) is 10.6 Å². The second-order valence-corrected chi connectivity index (χ2v) is 4.58. The number of ether oxygens (including phenoxy) is 1. The Morgan fingerprint density at radius 3 is 2.81 bits per heavy atom. The highest BCUT2D eigenvalue weighted by atomic mass is 16.5. The molecule has 3 N–H and O–H groups in total. The van der Waals surface area contributed by atoms with Crippen LogP contribution in [0, 0.1) is 0 Å². The van der Waals surface area contributed by atoms with E-state index >= 15 is 0 Å². The van der Waals surface area contributed by atoms with Crippen molar-refractivity contribution >= 4 is 17.6 Å². The molecule has 0 aliphatic rings. The van der Waals surface area contributed by atoms with E-state index in [9.17, 15) is 4.79 Å². The Labute approximate surface area is 126 Å². The van der Waals surface area contributed by atoms with Crippen molar-refractivity contribution in [2.24, 2.45) is 4.99 Å². The minimum atomic E-state index is -0.0734. The van der Waals surface area contributed by atoms with Crippen LogP contribution in [0.1, 0.15) is 18.9 Å². The van der Waals surface area contributed by atoms with Gasteiger partial charge in [0.05, 0.1) is 0 Å². The molecule has 0 aliphatic heterocycles. The Morgan fingerprint density at radius 1 is 1.33 bits per heavy atom. The van der Waals surface area contributed by atoms with Crippen molar-refractivity contribution in [2.45, 2.75) is 19.9 Å². The summed E-state index contributed by atoms with van der Waals surface area (Å²) in [4.78, 5) is 15.2. The summed E-state index contributed by atoms with van der Waals surface area (Å²) in [7, 11) is 3.43. The van der Waals surface area contributed by atoms with E-state index in [1.807, 2.05) is 24.3 Å². The fourth-order valence-corrected chi connectivity index (χ4v) is 1.79. The number of nitrogens with zero attached hydrogens (tertiary/aromatic N) is 1. The van der Waals surface area contributed by atoms with E-state index in [0.717, 1.165) is 36.8 Å². The standard InChI is InChI=1S/C15H24N4O2/c1-12(20)19-14-7-4-6-13(10-14)11-18-15(16-2)17-8-5-9-21-3/h4,6-7,10H,5,8-9,11H2,1-3H3,(H,19,20)(H2,16,17,18). The van der Waals surface area contributed by atoms with Gasteiger partial charge in [-0.2, -0.15) is 0 Å². The average Bonchev–Trinajstić information content (AvgIpc) is 2.46. The molecule has 0 bridgehead atoms. The number of carbonyl (C=O) groups excluding carboxylic acids is 1. The number of amides is 1. The van der Waals surface area contributed by atoms with Crippen LogP contribution in [-0.4, -0.2) is 39.2 Å². The van der Waals surface area contributed by atoms with Crippen molar-refractivity contribution in [1.29, 1.82) is 0 Å². The van der Waals surface area contributed by atoms with Crippen LogP contribution in [0.25, 0.3) is 0 Å². The molecule has 21 heavy (non-hydrogen) atoms. The third-order valence-electron chi connectivity index (χ3n) is 2.75. The molecule has 1 amide bonds. The SMILES string of the molecule is CN=C(NCCCOC)NCc1cccc(NC(C)=O)c1. The topological polar surface area (TPSA) is 74.8 Å². The first kappa shape index (κ1) is 17.0. The van der Waals surface area contributed by atoms with Crippen molar-refractivity contribution in [3.63, 3.8) is 0 Å². The highest BCUT2D eigenvalue weighted by Gasteiger charge is 2.00. The number of nitrogens with one attached hydrogen (secondary N) is 3. The molecule has 0 aliphatic carbocycles. The van der Waals surface area contributed by atoms with E-state index in [0.29, 0.717) is 6.54 Å². The number of hydrogen-bond donors (Lipinski definition) is 3. The van der Waals surface area contributed by atoms with Gasteiger partial charge in [0, 0.05) is 46.5 Å². The quantitative estimate of drug-likeness (QED) is 0.403. The molecule has 6 heteroatoms. The third kappa shape index (κ3) is 7.31. The van der Waals surface area contributed by atoms with Gasteiger partial charge in [0.25, 0.3) is 0 Å². The Bertz CT molecular complexity index is 474. The number of anilines is 1. The fourth-order valence-electron chi connectivity index (χ4n) is 1.79. The Balaban J connectivity index is 2.43. The lowest BCUT2D eigenvalue weighted by Crippen LogP contribution is -2.37. The average molecular weight is 292 g/mol. The molecule has 1 rings (SSSR count). The van der Waals surface area contributed by atoms with E-state index in [2.05, 4.69) is 20.9 Å². The molecular weight excluding hydrogens is 268 g/mol. The lowest BCUT2D eigenvalue weighted by molar-refractivity contribution is -0.114. The highest BCUT2D eigenvalue weighted by molar-refractivity contribution is 5.88. The van der Waals surface area contributed by atoms with Crippen molar-refractivity contribution < 1.29 is 9.53 Å². The van der Waals surface area contributed by atoms with E-state index < -0.39 is 0 Å². The van der Waals surface area contributed by atoms with Gasteiger partial charge in [-0.15, -0.1) is 0 Å². The van der Waals surface area contributed by atoms with Crippen LogP contribution in [0.15, 0.2) is 29.3 Å². The van der Waals surface area contributed by atoms with Crippen LogP contribution in [0.4, 0.5) is 5.69 Å².